The highest BCUT2D eigenvalue weighted by atomic mass is 16.2. The number of amides is 1. The molecule has 5 heteroatoms. The lowest BCUT2D eigenvalue weighted by Crippen LogP contribution is -2.49. The van der Waals surface area contributed by atoms with Crippen molar-refractivity contribution in [1.29, 1.82) is 0 Å². The van der Waals surface area contributed by atoms with Crippen LogP contribution in [0.15, 0.2) is 54.6 Å². The zero-order chi connectivity index (χ0) is 17.2. The number of carbonyl (C=O) groups excluding carboxylic acids is 1. The molecular weight excluding hydrogens is 300 g/mol. The molecule has 1 amide bonds. The molecule has 1 heterocycles. The van der Waals surface area contributed by atoms with Crippen molar-refractivity contribution in [2.24, 2.45) is 5.73 Å². The molecule has 0 saturated carbocycles. The fraction of sp³-hybridized carbons (Fsp3) is 0.263. The summed E-state index contributed by atoms with van der Waals surface area (Å²) >= 11 is 0. The first-order chi connectivity index (χ1) is 11.5. The van der Waals surface area contributed by atoms with Crippen LogP contribution in [0, 0.1) is 6.92 Å². The largest absolute Gasteiger partial charge is 0.352 e. The van der Waals surface area contributed by atoms with Crippen LogP contribution in [0.3, 0.4) is 0 Å². The van der Waals surface area contributed by atoms with E-state index >= 15 is 0 Å². The predicted octanol–water partition coefficient (Wildman–Crippen LogP) is 2.34. The van der Waals surface area contributed by atoms with Gasteiger partial charge in [0.15, 0.2) is 0 Å². The van der Waals surface area contributed by atoms with E-state index < -0.39 is 5.54 Å². The molecule has 3 rings (SSSR count). The summed E-state index contributed by atoms with van der Waals surface area (Å²) in [4.78, 5) is 17.0. The van der Waals surface area contributed by atoms with Crippen LogP contribution in [0.4, 0.5) is 0 Å². The fourth-order valence-corrected chi connectivity index (χ4v) is 2.86. The van der Waals surface area contributed by atoms with Crippen LogP contribution < -0.4 is 11.1 Å². The summed E-state index contributed by atoms with van der Waals surface area (Å²) in [7, 11) is 0. The molecule has 3 N–H and O–H groups in total. The van der Waals surface area contributed by atoms with E-state index in [4.69, 9.17) is 5.73 Å². The lowest BCUT2D eigenvalue weighted by Gasteiger charge is -2.24. The maximum absolute atomic E-state index is 12.5. The molecule has 124 valence electrons. The number of aromatic nitrogens is 2. The van der Waals surface area contributed by atoms with Crippen LogP contribution >= 0.6 is 0 Å². The molecular formula is C19H22N4O. The molecule has 0 aliphatic carbocycles. The molecule has 2 aromatic carbocycles. The third-order valence-corrected chi connectivity index (χ3v) is 4.31. The molecule has 0 aliphatic rings. The first-order valence-corrected chi connectivity index (χ1v) is 8.05. The Kier molecular flexibility index (Phi) is 4.36. The number of nitrogens with zero attached hydrogens (tertiary/aromatic N) is 2. The van der Waals surface area contributed by atoms with Crippen LogP contribution in [0.1, 0.15) is 18.3 Å². The number of imidazole rings is 1. The Morgan fingerprint density at radius 1 is 1.17 bits per heavy atom. The normalized spacial score (nSPS) is 13.6. The minimum atomic E-state index is -1.05. The zero-order valence-corrected chi connectivity index (χ0v) is 14.0. The third-order valence-electron chi connectivity index (χ3n) is 4.31. The first kappa shape index (κ1) is 16.2. The molecule has 0 fully saturated rings. The van der Waals surface area contributed by atoms with Crippen molar-refractivity contribution < 1.29 is 4.79 Å². The standard InChI is InChI=1S/C19H22N4O/c1-14-22-16-10-6-7-11-17(16)23(14)13-12-21-18(24)19(2,20)15-8-4-3-5-9-15/h3-11H,12-13,20H2,1-2H3,(H,21,24). The Bertz CT molecular complexity index is 852. The van der Waals surface area contributed by atoms with E-state index in [1.54, 1.807) is 6.92 Å². The number of rotatable bonds is 5. The van der Waals surface area contributed by atoms with Gasteiger partial charge in [-0.1, -0.05) is 42.5 Å². The van der Waals surface area contributed by atoms with E-state index in [1.807, 2.05) is 61.5 Å². The molecule has 24 heavy (non-hydrogen) atoms. The number of hydrogen-bond acceptors (Lipinski definition) is 3. The topological polar surface area (TPSA) is 72.9 Å². The van der Waals surface area contributed by atoms with E-state index in [9.17, 15) is 4.79 Å². The molecule has 0 saturated heterocycles. The van der Waals surface area contributed by atoms with Crippen LogP contribution in [0.5, 0.6) is 0 Å². The van der Waals surface area contributed by atoms with Gasteiger partial charge in [-0.25, -0.2) is 4.98 Å². The van der Waals surface area contributed by atoms with Crippen LogP contribution in [-0.2, 0) is 16.9 Å². The van der Waals surface area contributed by atoms with Gasteiger partial charge in [0.2, 0.25) is 5.91 Å². The molecule has 5 nitrogen and oxygen atoms in total. The van der Waals surface area contributed by atoms with Gasteiger partial charge in [-0.15, -0.1) is 0 Å². The number of nitrogens with one attached hydrogen (secondary N) is 1. The first-order valence-electron chi connectivity index (χ1n) is 8.05. The van der Waals surface area contributed by atoms with E-state index in [0.717, 1.165) is 22.4 Å². The molecule has 1 aromatic heterocycles. The number of nitrogens with two attached hydrogens (primary N) is 1. The van der Waals surface area contributed by atoms with Gasteiger partial charge in [0.1, 0.15) is 11.4 Å². The minimum absolute atomic E-state index is 0.184. The van der Waals surface area contributed by atoms with Gasteiger partial charge in [0.25, 0.3) is 0 Å². The van der Waals surface area contributed by atoms with Crippen molar-refractivity contribution in [3.8, 4) is 0 Å². The summed E-state index contributed by atoms with van der Waals surface area (Å²) in [5.41, 5.74) is 8.02. The fourth-order valence-electron chi connectivity index (χ4n) is 2.86. The van der Waals surface area contributed by atoms with Crippen molar-refractivity contribution in [3.05, 3.63) is 66.0 Å². The van der Waals surface area contributed by atoms with Gasteiger partial charge in [-0.2, -0.15) is 0 Å². The number of hydrogen-bond donors (Lipinski definition) is 2. The highest BCUT2D eigenvalue weighted by molar-refractivity contribution is 5.87. The summed E-state index contributed by atoms with van der Waals surface area (Å²) in [6.07, 6.45) is 0. The Morgan fingerprint density at radius 3 is 2.58 bits per heavy atom. The Labute approximate surface area is 141 Å². The summed E-state index contributed by atoms with van der Waals surface area (Å²) < 4.78 is 2.10. The number of carbonyl (C=O) groups is 1. The van der Waals surface area contributed by atoms with Gasteiger partial charge in [0.05, 0.1) is 11.0 Å². The highest BCUT2D eigenvalue weighted by Gasteiger charge is 2.29. The van der Waals surface area contributed by atoms with E-state index in [0.29, 0.717) is 13.1 Å². The molecule has 0 spiro atoms. The average molecular weight is 322 g/mol. The van der Waals surface area contributed by atoms with Crippen LogP contribution in [0.25, 0.3) is 11.0 Å². The van der Waals surface area contributed by atoms with Crippen molar-refractivity contribution in [2.45, 2.75) is 25.9 Å². The number of para-hydroxylation sites is 2. The molecule has 3 aromatic rings. The molecule has 0 radical (unpaired) electrons. The smallest absolute Gasteiger partial charge is 0.244 e. The van der Waals surface area contributed by atoms with Gasteiger partial charge in [-0.3, -0.25) is 4.79 Å². The summed E-state index contributed by atoms with van der Waals surface area (Å²) in [6.45, 7) is 4.86. The van der Waals surface area contributed by atoms with Crippen LogP contribution in [0.2, 0.25) is 0 Å². The highest BCUT2D eigenvalue weighted by Crippen LogP contribution is 2.18. The molecule has 1 unspecified atom stereocenters. The summed E-state index contributed by atoms with van der Waals surface area (Å²) in [6, 6.07) is 17.4. The molecule has 0 aliphatic heterocycles. The maximum Gasteiger partial charge on any atom is 0.244 e. The number of aryl methyl sites for hydroxylation is 1. The Balaban J connectivity index is 1.68. The quantitative estimate of drug-likeness (QED) is 0.757. The second-order valence-corrected chi connectivity index (χ2v) is 6.12. The van der Waals surface area contributed by atoms with Crippen LogP contribution in [-0.4, -0.2) is 22.0 Å². The molecule has 1 atom stereocenters. The predicted molar refractivity (Wildman–Crippen MR) is 95.5 cm³/mol. The minimum Gasteiger partial charge on any atom is -0.352 e. The summed E-state index contributed by atoms with van der Waals surface area (Å²) in [5.74, 6) is 0.750. The SMILES string of the molecule is Cc1nc2ccccc2n1CCNC(=O)C(C)(N)c1ccccc1. The number of benzene rings is 2. The Morgan fingerprint density at radius 2 is 1.83 bits per heavy atom. The van der Waals surface area contributed by atoms with E-state index in [2.05, 4.69) is 14.9 Å². The Hall–Kier alpha value is -2.66. The van der Waals surface area contributed by atoms with Gasteiger partial charge < -0.3 is 15.6 Å². The molecule has 0 bridgehead atoms. The van der Waals surface area contributed by atoms with Crippen molar-refractivity contribution in [3.63, 3.8) is 0 Å². The average Bonchev–Trinajstić information content (AvgIpc) is 2.91. The van der Waals surface area contributed by atoms with Crippen molar-refractivity contribution in [1.82, 2.24) is 14.9 Å². The van der Waals surface area contributed by atoms with Gasteiger partial charge >= 0.3 is 0 Å². The monoisotopic (exact) mass is 322 g/mol. The number of fused-ring (bicyclic) bond motifs is 1. The third kappa shape index (κ3) is 3.03. The lowest BCUT2D eigenvalue weighted by molar-refractivity contribution is -0.126. The second-order valence-electron chi connectivity index (χ2n) is 6.12. The lowest BCUT2D eigenvalue weighted by atomic mass is 9.92. The van der Waals surface area contributed by atoms with Crippen molar-refractivity contribution >= 4 is 16.9 Å². The summed E-state index contributed by atoms with van der Waals surface area (Å²) in [5, 5.41) is 2.94. The van der Waals surface area contributed by atoms with Gasteiger partial charge in [0, 0.05) is 13.1 Å². The van der Waals surface area contributed by atoms with E-state index in [-0.39, 0.29) is 5.91 Å². The zero-order valence-electron chi connectivity index (χ0n) is 14.0. The van der Waals surface area contributed by atoms with E-state index in [1.165, 1.54) is 0 Å². The van der Waals surface area contributed by atoms with Crippen molar-refractivity contribution in [2.75, 3.05) is 6.54 Å². The maximum atomic E-state index is 12.5. The van der Waals surface area contributed by atoms with Gasteiger partial charge in [-0.05, 0) is 31.5 Å². The second kappa shape index (κ2) is 6.45.